The van der Waals surface area contributed by atoms with E-state index in [0.717, 1.165) is 12.1 Å². The molecular weight excluding hydrogens is 274 g/mol. The normalized spacial score (nSPS) is 23.7. The van der Waals surface area contributed by atoms with Crippen LogP contribution in [0.25, 0.3) is 0 Å². The molecule has 4 heteroatoms. The fourth-order valence-electron chi connectivity index (χ4n) is 3.90. The summed E-state index contributed by atoms with van der Waals surface area (Å²) in [4.78, 5) is 21.9. The molecule has 1 fully saturated rings. The number of nitrogens with one attached hydrogen (secondary N) is 1. The minimum atomic E-state index is -0.183. The highest BCUT2D eigenvalue weighted by Gasteiger charge is 2.47. The van der Waals surface area contributed by atoms with Gasteiger partial charge in [-0.05, 0) is 32.8 Å². The Morgan fingerprint density at radius 1 is 1.36 bits per heavy atom. The number of carbonyl (C=O) groups excluding carboxylic acids is 1. The highest BCUT2D eigenvalue weighted by Crippen LogP contribution is 2.45. The van der Waals surface area contributed by atoms with Gasteiger partial charge in [-0.2, -0.15) is 0 Å². The van der Waals surface area contributed by atoms with E-state index in [4.69, 9.17) is 0 Å². The van der Waals surface area contributed by atoms with Gasteiger partial charge in [0.05, 0.1) is 12.7 Å². The Kier molecular flexibility index (Phi) is 3.77. The molecule has 1 aromatic heterocycles. The smallest absolute Gasteiger partial charge is 0.229 e. The molecule has 1 N–H and O–H groups in total. The number of H-pyrrole nitrogens is 1. The number of rotatable bonds is 3. The molecule has 22 heavy (non-hydrogen) atoms. The van der Waals surface area contributed by atoms with Crippen molar-refractivity contribution < 1.29 is 4.79 Å². The Labute approximate surface area is 131 Å². The van der Waals surface area contributed by atoms with Gasteiger partial charge in [-0.3, -0.25) is 4.79 Å². The first-order valence-corrected chi connectivity index (χ1v) is 7.84. The number of nitrogens with zero attached hydrogens (tertiary/aromatic N) is 2. The summed E-state index contributed by atoms with van der Waals surface area (Å²) in [5, 5.41) is 0. The monoisotopic (exact) mass is 297 g/mol. The van der Waals surface area contributed by atoms with Crippen LogP contribution in [0.2, 0.25) is 0 Å². The molecular formula is C18H23N3O. The van der Waals surface area contributed by atoms with E-state index in [0.29, 0.717) is 12.3 Å². The zero-order valence-electron chi connectivity index (χ0n) is 13.4. The number of hydrogen-bond acceptors (Lipinski definition) is 2. The maximum Gasteiger partial charge on any atom is 0.229 e. The van der Waals surface area contributed by atoms with E-state index < -0.39 is 0 Å². The standard InChI is InChI=1S/C18H23N3O/c1-13-9-16(14-7-5-4-6-8-14)18(2,3)21(13)17(22)10-15-11-19-12-20-15/h4-8,11-13,16H,9-10H2,1-3H3,(H,19,20)/t13-,16-/m1/s1. The summed E-state index contributed by atoms with van der Waals surface area (Å²) in [5.74, 6) is 0.537. The quantitative estimate of drug-likeness (QED) is 0.946. The van der Waals surface area contributed by atoms with Gasteiger partial charge in [-0.25, -0.2) is 4.98 Å². The summed E-state index contributed by atoms with van der Waals surface area (Å²) >= 11 is 0. The van der Waals surface area contributed by atoms with E-state index in [1.165, 1.54) is 5.56 Å². The zero-order chi connectivity index (χ0) is 15.7. The molecule has 4 nitrogen and oxygen atoms in total. The molecule has 0 radical (unpaired) electrons. The number of carbonyl (C=O) groups is 1. The molecule has 1 amide bonds. The molecule has 0 aliphatic carbocycles. The van der Waals surface area contributed by atoms with Crippen molar-refractivity contribution in [3.05, 3.63) is 54.1 Å². The summed E-state index contributed by atoms with van der Waals surface area (Å²) in [7, 11) is 0. The largest absolute Gasteiger partial charge is 0.348 e. The molecule has 1 aliphatic rings. The van der Waals surface area contributed by atoms with Crippen LogP contribution in [-0.2, 0) is 11.2 Å². The second-order valence-electron chi connectivity index (χ2n) is 6.72. The summed E-state index contributed by atoms with van der Waals surface area (Å²) in [5.41, 5.74) is 2.00. The first-order chi connectivity index (χ1) is 10.5. The average molecular weight is 297 g/mol. The lowest BCUT2D eigenvalue weighted by atomic mass is 9.82. The van der Waals surface area contributed by atoms with Crippen molar-refractivity contribution in [1.82, 2.24) is 14.9 Å². The lowest BCUT2D eigenvalue weighted by Crippen LogP contribution is -2.48. The fraction of sp³-hybridized carbons (Fsp3) is 0.444. The Morgan fingerprint density at radius 2 is 2.09 bits per heavy atom. The molecule has 0 unspecified atom stereocenters. The number of amides is 1. The number of aromatic nitrogens is 2. The lowest BCUT2D eigenvalue weighted by Gasteiger charge is -2.38. The molecule has 2 aromatic rings. The third-order valence-corrected chi connectivity index (χ3v) is 4.86. The topological polar surface area (TPSA) is 49.0 Å². The van der Waals surface area contributed by atoms with Gasteiger partial charge in [0.15, 0.2) is 0 Å². The van der Waals surface area contributed by atoms with E-state index in [2.05, 4.69) is 59.9 Å². The third-order valence-electron chi connectivity index (χ3n) is 4.86. The third kappa shape index (κ3) is 2.54. The molecule has 2 heterocycles. The molecule has 0 bridgehead atoms. The first-order valence-electron chi connectivity index (χ1n) is 7.84. The second-order valence-corrected chi connectivity index (χ2v) is 6.72. The minimum absolute atomic E-state index is 0.167. The predicted octanol–water partition coefficient (Wildman–Crippen LogP) is 3.14. The van der Waals surface area contributed by atoms with Crippen LogP contribution in [0.1, 0.15) is 44.4 Å². The molecule has 0 saturated carbocycles. The molecule has 116 valence electrons. The van der Waals surface area contributed by atoms with Gasteiger partial charge >= 0.3 is 0 Å². The van der Waals surface area contributed by atoms with Crippen LogP contribution in [0.3, 0.4) is 0 Å². The Hall–Kier alpha value is -2.10. The lowest BCUT2D eigenvalue weighted by molar-refractivity contribution is -0.135. The van der Waals surface area contributed by atoms with Gasteiger partial charge < -0.3 is 9.88 Å². The summed E-state index contributed by atoms with van der Waals surface area (Å²) in [6.07, 6.45) is 4.73. The van der Waals surface area contributed by atoms with Crippen LogP contribution in [0.5, 0.6) is 0 Å². The number of benzene rings is 1. The van der Waals surface area contributed by atoms with Crippen LogP contribution in [-0.4, -0.2) is 32.4 Å². The van der Waals surface area contributed by atoms with Crippen LogP contribution >= 0.6 is 0 Å². The van der Waals surface area contributed by atoms with Gasteiger partial charge in [-0.15, -0.1) is 0 Å². The van der Waals surface area contributed by atoms with Crippen molar-refractivity contribution in [2.24, 2.45) is 0 Å². The average Bonchev–Trinajstić information content (AvgIpc) is 3.05. The number of imidazole rings is 1. The van der Waals surface area contributed by atoms with E-state index in [1.54, 1.807) is 12.5 Å². The Bertz CT molecular complexity index is 634. The highest BCUT2D eigenvalue weighted by atomic mass is 16.2. The highest BCUT2D eigenvalue weighted by molar-refractivity contribution is 5.80. The van der Waals surface area contributed by atoms with Crippen LogP contribution in [0.4, 0.5) is 0 Å². The number of likely N-dealkylation sites (tertiary alicyclic amines) is 1. The SMILES string of the molecule is C[C@@H]1C[C@H](c2ccccc2)C(C)(C)N1C(=O)Cc1cnc[nH]1. The van der Waals surface area contributed by atoms with Gasteiger partial charge in [0.2, 0.25) is 5.91 Å². The maximum absolute atomic E-state index is 12.8. The van der Waals surface area contributed by atoms with Crippen LogP contribution in [0, 0.1) is 0 Å². The molecule has 2 atom stereocenters. The van der Waals surface area contributed by atoms with Gasteiger partial charge in [0.25, 0.3) is 0 Å². The van der Waals surface area contributed by atoms with Crippen molar-refractivity contribution in [2.45, 2.75) is 51.1 Å². The van der Waals surface area contributed by atoms with E-state index in [9.17, 15) is 4.79 Å². The molecule has 0 spiro atoms. The van der Waals surface area contributed by atoms with Crippen molar-refractivity contribution in [2.75, 3.05) is 0 Å². The van der Waals surface area contributed by atoms with Crippen LogP contribution in [0.15, 0.2) is 42.9 Å². The zero-order valence-corrected chi connectivity index (χ0v) is 13.4. The molecule has 1 saturated heterocycles. The van der Waals surface area contributed by atoms with Crippen LogP contribution < -0.4 is 0 Å². The minimum Gasteiger partial charge on any atom is -0.348 e. The maximum atomic E-state index is 12.8. The van der Waals surface area contributed by atoms with E-state index >= 15 is 0 Å². The molecule has 1 aliphatic heterocycles. The summed E-state index contributed by atoms with van der Waals surface area (Å²) < 4.78 is 0. The Morgan fingerprint density at radius 3 is 2.73 bits per heavy atom. The Balaban J connectivity index is 1.84. The first kappa shape index (κ1) is 14.8. The fourth-order valence-corrected chi connectivity index (χ4v) is 3.90. The van der Waals surface area contributed by atoms with Gasteiger partial charge in [0.1, 0.15) is 0 Å². The summed E-state index contributed by atoms with van der Waals surface area (Å²) in [6, 6.07) is 10.8. The molecule has 3 rings (SSSR count). The summed E-state index contributed by atoms with van der Waals surface area (Å²) in [6.45, 7) is 6.51. The van der Waals surface area contributed by atoms with Gasteiger partial charge in [-0.1, -0.05) is 30.3 Å². The van der Waals surface area contributed by atoms with Crippen molar-refractivity contribution >= 4 is 5.91 Å². The van der Waals surface area contributed by atoms with Crippen molar-refractivity contribution in [3.8, 4) is 0 Å². The van der Waals surface area contributed by atoms with E-state index in [1.807, 2.05) is 6.07 Å². The second kappa shape index (κ2) is 5.59. The predicted molar refractivity (Wildman–Crippen MR) is 86.5 cm³/mol. The van der Waals surface area contributed by atoms with E-state index in [-0.39, 0.29) is 17.5 Å². The van der Waals surface area contributed by atoms with Gasteiger partial charge in [0, 0.05) is 29.4 Å². The molecule has 1 aromatic carbocycles. The van der Waals surface area contributed by atoms with Crippen molar-refractivity contribution in [1.29, 1.82) is 0 Å². The van der Waals surface area contributed by atoms with Crippen molar-refractivity contribution in [3.63, 3.8) is 0 Å². The number of aromatic amines is 1. The number of hydrogen-bond donors (Lipinski definition) is 1.